The van der Waals surface area contributed by atoms with Crippen LogP contribution in [0, 0.1) is 5.82 Å². The third kappa shape index (κ3) is 3.03. The van der Waals surface area contributed by atoms with Gasteiger partial charge in [0.2, 0.25) is 0 Å². The molecule has 3 aromatic rings. The van der Waals surface area contributed by atoms with E-state index in [0.29, 0.717) is 5.69 Å². The Hall–Kier alpha value is -2.40. The normalized spacial score (nSPS) is 10.5. The standard InChI is InChI=1S/C16H11FN2OS/c17-13-6-4-11(5-7-13)12-2-1-3-14(8-12)21-16-9-18-19-15(16)10-20/h1-10H,(H,18,19). The number of aromatic nitrogens is 2. The molecule has 0 bridgehead atoms. The van der Waals surface area contributed by atoms with Crippen molar-refractivity contribution in [2.45, 2.75) is 9.79 Å². The number of halogens is 1. The SMILES string of the molecule is O=Cc1[nH]ncc1Sc1cccc(-c2ccc(F)cc2)c1. The van der Waals surface area contributed by atoms with Crippen molar-refractivity contribution in [3.63, 3.8) is 0 Å². The Morgan fingerprint density at radius 3 is 2.67 bits per heavy atom. The molecule has 0 saturated heterocycles. The van der Waals surface area contributed by atoms with E-state index in [1.54, 1.807) is 18.3 Å². The summed E-state index contributed by atoms with van der Waals surface area (Å²) in [5.74, 6) is -0.252. The fourth-order valence-electron chi connectivity index (χ4n) is 1.96. The van der Waals surface area contributed by atoms with E-state index in [0.717, 1.165) is 27.2 Å². The molecule has 104 valence electrons. The van der Waals surface area contributed by atoms with Crippen LogP contribution in [0.4, 0.5) is 4.39 Å². The minimum absolute atomic E-state index is 0.252. The molecule has 0 spiro atoms. The fourth-order valence-corrected chi connectivity index (χ4v) is 2.85. The van der Waals surface area contributed by atoms with Crippen LogP contribution in [0.3, 0.4) is 0 Å². The van der Waals surface area contributed by atoms with Gasteiger partial charge in [-0.3, -0.25) is 9.89 Å². The monoisotopic (exact) mass is 298 g/mol. The van der Waals surface area contributed by atoms with Crippen molar-refractivity contribution < 1.29 is 9.18 Å². The van der Waals surface area contributed by atoms with Gasteiger partial charge in [-0.05, 0) is 35.4 Å². The maximum Gasteiger partial charge on any atom is 0.169 e. The Morgan fingerprint density at radius 2 is 1.90 bits per heavy atom. The van der Waals surface area contributed by atoms with Gasteiger partial charge in [-0.1, -0.05) is 36.0 Å². The minimum atomic E-state index is -0.252. The summed E-state index contributed by atoms with van der Waals surface area (Å²) in [7, 11) is 0. The lowest BCUT2D eigenvalue weighted by Gasteiger charge is -2.05. The number of hydrogen-bond acceptors (Lipinski definition) is 3. The van der Waals surface area contributed by atoms with Gasteiger partial charge in [-0.15, -0.1) is 0 Å². The number of aldehydes is 1. The Labute approximate surface area is 125 Å². The van der Waals surface area contributed by atoms with Crippen LogP contribution in [0.5, 0.6) is 0 Å². The first-order chi connectivity index (χ1) is 10.3. The van der Waals surface area contributed by atoms with Gasteiger partial charge in [-0.25, -0.2) is 4.39 Å². The maximum absolute atomic E-state index is 13.0. The first-order valence-electron chi connectivity index (χ1n) is 6.28. The molecule has 0 radical (unpaired) electrons. The van der Waals surface area contributed by atoms with Crippen molar-refractivity contribution in [1.82, 2.24) is 10.2 Å². The number of nitrogens with zero attached hydrogens (tertiary/aromatic N) is 1. The molecule has 3 rings (SSSR count). The molecular formula is C16H11FN2OS. The van der Waals surface area contributed by atoms with Gasteiger partial charge < -0.3 is 0 Å². The Morgan fingerprint density at radius 1 is 1.10 bits per heavy atom. The predicted molar refractivity (Wildman–Crippen MR) is 79.9 cm³/mol. The van der Waals surface area contributed by atoms with Gasteiger partial charge >= 0.3 is 0 Å². The number of carbonyl (C=O) groups is 1. The molecule has 0 unspecified atom stereocenters. The lowest BCUT2D eigenvalue weighted by molar-refractivity contribution is 0.111. The molecule has 1 aromatic heterocycles. The molecule has 0 saturated carbocycles. The summed E-state index contributed by atoms with van der Waals surface area (Å²) < 4.78 is 13.0. The summed E-state index contributed by atoms with van der Waals surface area (Å²) in [6.45, 7) is 0. The molecule has 0 amide bonds. The number of H-pyrrole nitrogens is 1. The van der Waals surface area contributed by atoms with E-state index in [1.165, 1.54) is 23.9 Å². The van der Waals surface area contributed by atoms with Crippen LogP contribution in [-0.4, -0.2) is 16.5 Å². The van der Waals surface area contributed by atoms with Crippen molar-refractivity contribution in [1.29, 1.82) is 0 Å². The third-order valence-corrected chi connectivity index (χ3v) is 4.02. The number of benzene rings is 2. The van der Waals surface area contributed by atoms with Gasteiger partial charge in [-0.2, -0.15) is 5.10 Å². The minimum Gasteiger partial charge on any atom is -0.296 e. The van der Waals surface area contributed by atoms with Crippen molar-refractivity contribution in [3.05, 3.63) is 66.2 Å². The van der Waals surface area contributed by atoms with E-state index in [9.17, 15) is 9.18 Å². The molecule has 0 fully saturated rings. The molecule has 0 atom stereocenters. The lowest BCUT2D eigenvalue weighted by Crippen LogP contribution is -1.83. The maximum atomic E-state index is 13.0. The van der Waals surface area contributed by atoms with Crippen LogP contribution in [0.1, 0.15) is 10.5 Å². The quantitative estimate of drug-likeness (QED) is 0.735. The highest BCUT2D eigenvalue weighted by Crippen LogP contribution is 2.31. The van der Waals surface area contributed by atoms with Gasteiger partial charge in [0, 0.05) is 4.90 Å². The molecule has 21 heavy (non-hydrogen) atoms. The smallest absolute Gasteiger partial charge is 0.169 e. The molecule has 0 aliphatic heterocycles. The van der Waals surface area contributed by atoms with E-state index in [4.69, 9.17) is 0 Å². The zero-order valence-corrected chi connectivity index (χ0v) is 11.7. The van der Waals surface area contributed by atoms with Gasteiger partial charge in [0.1, 0.15) is 11.5 Å². The first-order valence-corrected chi connectivity index (χ1v) is 7.10. The van der Waals surface area contributed by atoms with E-state index >= 15 is 0 Å². The number of carbonyl (C=O) groups excluding carboxylic acids is 1. The Bertz CT molecular complexity index is 768. The highest BCUT2D eigenvalue weighted by atomic mass is 32.2. The summed E-state index contributed by atoms with van der Waals surface area (Å²) in [5, 5.41) is 6.51. The zero-order valence-electron chi connectivity index (χ0n) is 10.9. The zero-order chi connectivity index (χ0) is 14.7. The van der Waals surface area contributed by atoms with Crippen molar-refractivity contribution in [3.8, 4) is 11.1 Å². The second kappa shape index (κ2) is 5.93. The Kier molecular flexibility index (Phi) is 3.83. The second-order valence-electron chi connectivity index (χ2n) is 4.40. The van der Waals surface area contributed by atoms with E-state index < -0.39 is 0 Å². The lowest BCUT2D eigenvalue weighted by atomic mass is 10.1. The van der Waals surface area contributed by atoms with Crippen LogP contribution in [0.15, 0.2) is 64.5 Å². The number of hydrogen-bond donors (Lipinski definition) is 1. The Balaban J connectivity index is 1.89. The van der Waals surface area contributed by atoms with Crippen LogP contribution in [0.2, 0.25) is 0 Å². The highest BCUT2D eigenvalue weighted by Gasteiger charge is 2.07. The van der Waals surface area contributed by atoms with Crippen LogP contribution < -0.4 is 0 Å². The van der Waals surface area contributed by atoms with E-state index in [2.05, 4.69) is 10.2 Å². The topological polar surface area (TPSA) is 45.8 Å². The fraction of sp³-hybridized carbons (Fsp3) is 0. The van der Waals surface area contributed by atoms with Gasteiger partial charge in [0.25, 0.3) is 0 Å². The molecular weight excluding hydrogens is 287 g/mol. The third-order valence-electron chi connectivity index (χ3n) is 2.99. The van der Waals surface area contributed by atoms with Crippen LogP contribution >= 0.6 is 11.8 Å². The predicted octanol–water partition coefficient (Wildman–Crippen LogP) is 4.18. The second-order valence-corrected chi connectivity index (χ2v) is 5.52. The number of rotatable bonds is 4. The van der Waals surface area contributed by atoms with Gasteiger partial charge in [0.05, 0.1) is 11.1 Å². The van der Waals surface area contributed by atoms with Crippen LogP contribution in [0.25, 0.3) is 11.1 Å². The average Bonchev–Trinajstić information content (AvgIpc) is 2.95. The number of aromatic amines is 1. The van der Waals surface area contributed by atoms with E-state index in [-0.39, 0.29) is 5.82 Å². The summed E-state index contributed by atoms with van der Waals surface area (Å²) >= 11 is 1.46. The van der Waals surface area contributed by atoms with Gasteiger partial charge in [0.15, 0.2) is 6.29 Å². The summed E-state index contributed by atoms with van der Waals surface area (Å²) in [6, 6.07) is 14.2. The highest BCUT2D eigenvalue weighted by molar-refractivity contribution is 7.99. The molecule has 1 N–H and O–H groups in total. The largest absolute Gasteiger partial charge is 0.296 e. The summed E-state index contributed by atoms with van der Waals surface area (Å²) in [5.41, 5.74) is 2.41. The summed E-state index contributed by atoms with van der Waals surface area (Å²) in [4.78, 5) is 12.6. The summed E-state index contributed by atoms with van der Waals surface area (Å²) in [6.07, 6.45) is 2.37. The average molecular weight is 298 g/mol. The van der Waals surface area contributed by atoms with Crippen molar-refractivity contribution in [2.75, 3.05) is 0 Å². The van der Waals surface area contributed by atoms with Crippen LogP contribution in [-0.2, 0) is 0 Å². The van der Waals surface area contributed by atoms with E-state index in [1.807, 2.05) is 24.3 Å². The first kappa shape index (κ1) is 13.6. The molecule has 0 aliphatic carbocycles. The van der Waals surface area contributed by atoms with Crippen molar-refractivity contribution in [2.24, 2.45) is 0 Å². The number of nitrogens with one attached hydrogen (secondary N) is 1. The molecule has 5 heteroatoms. The molecule has 3 nitrogen and oxygen atoms in total. The molecule has 0 aliphatic rings. The molecule has 1 heterocycles. The van der Waals surface area contributed by atoms with Crippen molar-refractivity contribution >= 4 is 18.0 Å². The molecule has 2 aromatic carbocycles.